The standard InChI is InChI=1S/C27H45Cl/c1-18(2)7-6-8-19(3)23-11-12-24-22-10-9-20-17-21(28)13-15-26(20,4)25(22)14-16-27(23,24)5/h19-25H,1,6-17H2,2-5H3/t19-,20?,21+,22+,23-,24+,25+,26+,27-/m1/s1. The van der Waals surface area contributed by atoms with E-state index in [1.54, 1.807) is 0 Å². The predicted molar refractivity (Wildman–Crippen MR) is 123 cm³/mol. The van der Waals surface area contributed by atoms with Crippen LogP contribution in [0.4, 0.5) is 0 Å². The van der Waals surface area contributed by atoms with Gasteiger partial charge in [0.25, 0.3) is 0 Å². The van der Waals surface area contributed by atoms with Gasteiger partial charge in [-0.1, -0.05) is 32.8 Å². The minimum Gasteiger partial charge on any atom is -0.123 e. The summed E-state index contributed by atoms with van der Waals surface area (Å²) in [4.78, 5) is 0. The maximum atomic E-state index is 6.59. The molecule has 28 heavy (non-hydrogen) atoms. The van der Waals surface area contributed by atoms with Gasteiger partial charge in [0.1, 0.15) is 0 Å². The second-order valence-corrected chi connectivity index (χ2v) is 12.7. The minimum absolute atomic E-state index is 0.458. The van der Waals surface area contributed by atoms with E-state index < -0.39 is 0 Å². The van der Waals surface area contributed by atoms with Gasteiger partial charge in [-0.15, -0.1) is 18.2 Å². The summed E-state index contributed by atoms with van der Waals surface area (Å²) in [6.07, 6.45) is 16.9. The molecule has 0 nitrogen and oxygen atoms in total. The van der Waals surface area contributed by atoms with Crippen molar-refractivity contribution in [2.45, 2.75) is 110 Å². The summed E-state index contributed by atoms with van der Waals surface area (Å²) < 4.78 is 0. The van der Waals surface area contributed by atoms with Crippen LogP contribution in [0, 0.1) is 46.3 Å². The highest BCUT2D eigenvalue weighted by Gasteiger charge is 2.60. The van der Waals surface area contributed by atoms with Crippen molar-refractivity contribution >= 4 is 11.6 Å². The van der Waals surface area contributed by atoms with Gasteiger partial charge in [-0.3, -0.25) is 0 Å². The third kappa shape index (κ3) is 3.52. The van der Waals surface area contributed by atoms with Crippen LogP contribution in [-0.4, -0.2) is 5.38 Å². The van der Waals surface area contributed by atoms with E-state index in [0.29, 0.717) is 16.2 Å². The predicted octanol–water partition coefficient (Wildman–Crippen LogP) is 8.64. The van der Waals surface area contributed by atoms with Crippen LogP contribution in [0.25, 0.3) is 0 Å². The Labute approximate surface area is 180 Å². The summed E-state index contributed by atoms with van der Waals surface area (Å²) in [6.45, 7) is 14.3. The number of fused-ring (bicyclic) bond motifs is 5. The number of allylic oxidation sites excluding steroid dienone is 1. The average molecular weight is 405 g/mol. The van der Waals surface area contributed by atoms with Crippen LogP contribution in [-0.2, 0) is 0 Å². The summed E-state index contributed by atoms with van der Waals surface area (Å²) in [5, 5.41) is 0.458. The lowest BCUT2D eigenvalue weighted by Crippen LogP contribution is -2.53. The van der Waals surface area contributed by atoms with Crippen molar-refractivity contribution in [3.63, 3.8) is 0 Å². The highest BCUT2D eigenvalue weighted by atomic mass is 35.5. The van der Waals surface area contributed by atoms with Gasteiger partial charge in [0.2, 0.25) is 0 Å². The Bertz CT molecular complexity index is 581. The molecule has 1 unspecified atom stereocenters. The van der Waals surface area contributed by atoms with Crippen molar-refractivity contribution in [3.8, 4) is 0 Å². The molecule has 0 aromatic rings. The fraction of sp³-hybridized carbons (Fsp3) is 0.926. The fourth-order valence-corrected chi connectivity index (χ4v) is 9.43. The molecule has 4 rings (SSSR count). The summed E-state index contributed by atoms with van der Waals surface area (Å²) >= 11 is 6.59. The normalized spacial score (nSPS) is 49.0. The van der Waals surface area contributed by atoms with Crippen molar-refractivity contribution in [1.29, 1.82) is 0 Å². The van der Waals surface area contributed by atoms with Crippen LogP contribution < -0.4 is 0 Å². The summed E-state index contributed by atoms with van der Waals surface area (Å²) in [5.74, 6) is 5.78. The zero-order valence-corrected chi connectivity index (χ0v) is 19.9. The molecular weight excluding hydrogens is 360 g/mol. The first-order valence-corrected chi connectivity index (χ1v) is 13.0. The molecule has 0 saturated heterocycles. The lowest BCUT2D eigenvalue weighted by atomic mass is 9.44. The molecule has 4 saturated carbocycles. The topological polar surface area (TPSA) is 0 Å². The van der Waals surface area contributed by atoms with Gasteiger partial charge < -0.3 is 0 Å². The first-order chi connectivity index (χ1) is 13.3. The Balaban J connectivity index is 1.47. The van der Waals surface area contributed by atoms with Gasteiger partial charge in [-0.2, -0.15) is 0 Å². The maximum Gasteiger partial charge on any atom is 0.0339 e. The monoisotopic (exact) mass is 404 g/mol. The SMILES string of the molecule is C=C(C)CCC[C@@H](C)[C@H]1CC[C@H]2[C@@H]3CCC4C[C@@H](Cl)CC[C@]4(C)[C@H]3CC[C@]12C. The van der Waals surface area contributed by atoms with E-state index in [9.17, 15) is 0 Å². The Morgan fingerprint density at radius 1 is 1.00 bits per heavy atom. The smallest absolute Gasteiger partial charge is 0.0339 e. The summed E-state index contributed by atoms with van der Waals surface area (Å²) in [6, 6.07) is 0. The molecule has 4 aliphatic carbocycles. The molecule has 0 aromatic carbocycles. The zero-order chi connectivity index (χ0) is 20.1. The lowest BCUT2D eigenvalue weighted by Gasteiger charge is -2.61. The lowest BCUT2D eigenvalue weighted by molar-refractivity contribution is -0.113. The quantitative estimate of drug-likeness (QED) is 0.317. The number of hydrogen-bond donors (Lipinski definition) is 0. The van der Waals surface area contributed by atoms with E-state index in [4.69, 9.17) is 11.6 Å². The van der Waals surface area contributed by atoms with Gasteiger partial charge in [-0.05, 0) is 124 Å². The number of hydrogen-bond acceptors (Lipinski definition) is 0. The van der Waals surface area contributed by atoms with E-state index in [1.807, 2.05) is 0 Å². The molecule has 0 aromatic heterocycles. The van der Waals surface area contributed by atoms with Gasteiger partial charge in [0.05, 0.1) is 0 Å². The summed E-state index contributed by atoms with van der Waals surface area (Å²) in [7, 11) is 0. The zero-order valence-electron chi connectivity index (χ0n) is 19.1. The fourth-order valence-electron chi connectivity index (χ4n) is 9.11. The van der Waals surface area contributed by atoms with Crippen molar-refractivity contribution < 1.29 is 0 Å². The van der Waals surface area contributed by atoms with E-state index >= 15 is 0 Å². The first-order valence-electron chi connectivity index (χ1n) is 12.5. The van der Waals surface area contributed by atoms with Gasteiger partial charge in [-0.25, -0.2) is 0 Å². The molecular formula is C27H45Cl. The highest BCUT2D eigenvalue weighted by molar-refractivity contribution is 6.20. The van der Waals surface area contributed by atoms with Crippen molar-refractivity contribution in [3.05, 3.63) is 12.2 Å². The van der Waals surface area contributed by atoms with Crippen LogP contribution in [0.3, 0.4) is 0 Å². The van der Waals surface area contributed by atoms with Gasteiger partial charge >= 0.3 is 0 Å². The molecule has 0 radical (unpaired) electrons. The van der Waals surface area contributed by atoms with Crippen LogP contribution in [0.5, 0.6) is 0 Å². The number of rotatable bonds is 5. The molecule has 0 heterocycles. The second kappa shape index (κ2) is 7.94. The largest absolute Gasteiger partial charge is 0.123 e. The Morgan fingerprint density at radius 2 is 1.71 bits per heavy atom. The number of alkyl halides is 1. The van der Waals surface area contributed by atoms with E-state index in [1.165, 1.54) is 82.6 Å². The third-order valence-electron chi connectivity index (χ3n) is 10.6. The van der Waals surface area contributed by atoms with E-state index in [2.05, 4.69) is 34.3 Å². The molecule has 0 amide bonds. The molecule has 160 valence electrons. The highest BCUT2D eigenvalue weighted by Crippen LogP contribution is 2.68. The molecule has 0 bridgehead atoms. The van der Waals surface area contributed by atoms with Gasteiger partial charge in [0, 0.05) is 5.38 Å². The average Bonchev–Trinajstić information content (AvgIpc) is 2.99. The van der Waals surface area contributed by atoms with Crippen LogP contribution in [0.15, 0.2) is 12.2 Å². The number of halogens is 1. The first kappa shape index (κ1) is 21.3. The Kier molecular flexibility index (Phi) is 6.03. The molecule has 0 N–H and O–H groups in total. The molecule has 9 atom stereocenters. The van der Waals surface area contributed by atoms with Crippen LogP contribution in [0.1, 0.15) is 105 Å². The Morgan fingerprint density at radius 3 is 2.46 bits per heavy atom. The molecule has 0 aliphatic heterocycles. The maximum absolute atomic E-state index is 6.59. The molecule has 1 heteroatoms. The van der Waals surface area contributed by atoms with Crippen molar-refractivity contribution in [2.75, 3.05) is 0 Å². The molecule has 4 fully saturated rings. The minimum atomic E-state index is 0.458. The van der Waals surface area contributed by atoms with E-state index in [-0.39, 0.29) is 0 Å². The van der Waals surface area contributed by atoms with Crippen LogP contribution >= 0.6 is 11.6 Å². The molecule has 4 aliphatic rings. The van der Waals surface area contributed by atoms with Crippen molar-refractivity contribution in [1.82, 2.24) is 0 Å². The summed E-state index contributed by atoms with van der Waals surface area (Å²) in [5.41, 5.74) is 2.58. The van der Waals surface area contributed by atoms with E-state index in [0.717, 1.165) is 35.5 Å². The molecule has 0 spiro atoms. The second-order valence-electron chi connectivity index (χ2n) is 12.1. The van der Waals surface area contributed by atoms with Gasteiger partial charge in [0.15, 0.2) is 0 Å². The van der Waals surface area contributed by atoms with Crippen LogP contribution in [0.2, 0.25) is 0 Å². The third-order valence-corrected chi connectivity index (χ3v) is 11.0. The Hall–Kier alpha value is 0.0300. The van der Waals surface area contributed by atoms with Crippen molar-refractivity contribution in [2.24, 2.45) is 46.3 Å².